The van der Waals surface area contributed by atoms with Gasteiger partial charge in [-0.2, -0.15) is 0 Å². The lowest BCUT2D eigenvalue weighted by Gasteiger charge is -2.32. The maximum Gasteiger partial charge on any atom is 0.456 e. The van der Waals surface area contributed by atoms with Gasteiger partial charge in [0.25, 0.3) is 0 Å². The second-order valence-corrected chi connectivity index (χ2v) is 9.41. The van der Waals surface area contributed by atoms with E-state index in [9.17, 15) is 18.5 Å². The van der Waals surface area contributed by atoms with Crippen molar-refractivity contribution in [3.8, 4) is 5.75 Å². The second-order valence-electron chi connectivity index (χ2n) is 7.23. The molecular formula is C19H25BO6S. The van der Waals surface area contributed by atoms with Gasteiger partial charge in [0.2, 0.25) is 0 Å². The molecule has 2 N–H and O–H groups in total. The van der Waals surface area contributed by atoms with Crippen molar-refractivity contribution in [2.75, 3.05) is 19.5 Å². The number of hydrogen-bond acceptors (Lipinski definition) is 6. The monoisotopic (exact) mass is 392 g/mol. The minimum Gasteiger partial charge on any atom is -0.508 e. The van der Waals surface area contributed by atoms with Gasteiger partial charge in [-0.3, -0.25) is 0 Å². The highest BCUT2D eigenvalue weighted by molar-refractivity contribution is 7.92. The Balaban J connectivity index is 1.77. The molecule has 1 saturated heterocycles. The minimum atomic E-state index is -3.31. The van der Waals surface area contributed by atoms with Crippen LogP contribution in [-0.4, -0.2) is 56.5 Å². The zero-order valence-corrected chi connectivity index (χ0v) is 16.4. The topological polar surface area (TPSA) is 93.1 Å². The van der Waals surface area contributed by atoms with Crippen LogP contribution in [0.25, 0.3) is 6.08 Å². The molecule has 1 aromatic carbocycles. The Bertz CT molecular complexity index is 861. The Morgan fingerprint density at radius 3 is 2.93 bits per heavy atom. The number of phenols is 1. The molecule has 1 aromatic rings. The average Bonchev–Trinajstić information content (AvgIpc) is 2.83. The molecule has 0 bridgehead atoms. The highest BCUT2D eigenvalue weighted by Gasteiger charge is 2.48. The van der Waals surface area contributed by atoms with Gasteiger partial charge >= 0.3 is 7.12 Å². The van der Waals surface area contributed by atoms with Gasteiger partial charge in [-0.05, 0) is 48.6 Å². The van der Waals surface area contributed by atoms with E-state index < -0.39 is 28.3 Å². The van der Waals surface area contributed by atoms with Crippen LogP contribution in [0.5, 0.6) is 5.75 Å². The summed E-state index contributed by atoms with van der Waals surface area (Å²) in [7, 11) is -2.84. The van der Waals surface area contributed by atoms with Crippen molar-refractivity contribution in [3.63, 3.8) is 0 Å². The molecular weight excluding hydrogens is 367 g/mol. The summed E-state index contributed by atoms with van der Waals surface area (Å²) in [4.78, 5) is 0. The molecule has 0 aliphatic carbocycles. The van der Waals surface area contributed by atoms with Crippen LogP contribution in [-0.2, 0) is 19.2 Å². The van der Waals surface area contributed by atoms with Gasteiger partial charge in [-0.15, -0.1) is 0 Å². The Hall–Kier alpha value is -1.61. The van der Waals surface area contributed by atoms with E-state index in [4.69, 9.17) is 9.39 Å². The fourth-order valence-electron chi connectivity index (χ4n) is 3.91. The molecule has 0 unspecified atom stereocenters. The molecule has 27 heavy (non-hydrogen) atoms. The first kappa shape index (κ1) is 20.1. The first-order valence-corrected chi connectivity index (χ1v) is 10.7. The lowest BCUT2D eigenvalue weighted by Crippen LogP contribution is -2.42. The van der Waals surface area contributed by atoms with Crippen molar-refractivity contribution in [1.82, 2.24) is 0 Å². The van der Waals surface area contributed by atoms with Gasteiger partial charge in [0, 0.05) is 13.4 Å². The molecule has 2 aliphatic heterocycles. The van der Waals surface area contributed by atoms with E-state index in [-0.39, 0.29) is 24.4 Å². The van der Waals surface area contributed by atoms with Crippen LogP contribution in [0, 0.1) is 0 Å². The maximum absolute atomic E-state index is 12.5. The molecule has 2 aliphatic rings. The largest absolute Gasteiger partial charge is 0.508 e. The number of hydrogen-bond donors (Lipinski definition) is 2. The normalized spacial score (nSPS) is 25.0. The van der Waals surface area contributed by atoms with Crippen molar-refractivity contribution >= 4 is 23.0 Å². The van der Waals surface area contributed by atoms with E-state index >= 15 is 0 Å². The number of methoxy groups -OCH3 is 1. The Morgan fingerprint density at radius 2 is 2.22 bits per heavy atom. The van der Waals surface area contributed by atoms with Gasteiger partial charge in [0.15, 0.2) is 9.84 Å². The number of sulfone groups is 1. The summed E-state index contributed by atoms with van der Waals surface area (Å²) in [5, 5.41) is 18.9. The van der Waals surface area contributed by atoms with Gasteiger partial charge < -0.3 is 19.5 Å². The average molecular weight is 392 g/mol. The van der Waals surface area contributed by atoms with Crippen LogP contribution >= 0.6 is 0 Å². The zero-order chi connectivity index (χ0) is 19.6. The minimum absolute atomic E-state index is 0.0223. The Morgan fingerprint density at radius 1 is 1.44 bits per heavy atom. The van der Waals surface area contributed by atoms with Crippen molar-refractivity contribution in [3.05, 3.63) is 46.5 Å². The molecule has 0 saturated carbocycles. The van der Waals surface area contributed by atoms with Crippen molar-refractivity contribution in [2.45, 2.75) is 37.4 Å². The summed E-state index contributed by atoms with van der Waals surface area (Å²) in [6.07, 6.45) is 2.89. The second kappa shape index (κ2) is 8.18. The smallest absolute Gasteiger partial charge is 0.456 e. The number of allylic oxidation sites excluding steroid dienone is 1. The van der Waals surface area contributed by atoms with Crippen molar-refractivity contribution in [1.29, 1.82) is 0 Å². The number of fused-ring (bicyclic) bond motifs is 1. The quantitative estimate of drug-likeness (QED) is 0.570. The number of rotatable bonds is 6. The first-order chi connectivity index (χ1) is 12.8. The summed E-state index contributed by atoms with van der Waals surface area (Å²) >= 11 is 0. The van der Waals surface area contributed by atoms with Crippen LogP contribution in [0.1, 0.15) is 25.3 Å². The van der Waals surface area contributed by atoms with Crippen LogP contribution in [0.15, 0.2) is 41.0 Å². The summed E-state index contributed by atoms with van der Waals surface area (Å²) in [5.41, 5.74) is 3.51. The predicted octanol–water partition coefficient (Wildman–Crippen LogP) is 2.20. The fraction of sp³-hybridized carbons (Fsp3) is 0.474. The Kier molecular flexibility index (Phi) is 6.10. The molecule has 0 radical (unpaired) electrons. The van der Waals surface area contributed by atoms with Crippen LogP contribution in [0.4, 0.5) is 0 Å². The standard InChI is InChI=1S/C19H25BO6S/c1-13(8-14-4-3-5-16(21)9-14)6-7-17-19-15(11-25-2)12-27(23,24)18(19)10-20(22)26-17/h3-5,8-9,17-18,21-22H,6-7,10-12H2,1-2H3/b13-8+/t17-,18+/m1/s1. The van der Waals surface area contributed by atoms with Crippen molar-refractivity contribution < 1.29 is 27.9 Å². The SMILES string of the molecule is COCC1=C2[C@@H](CC/C(C)=C/c3cccc(O)c3)OB(O)C[C@@H]2S(=O)(=O)C1. The van der Waals surface area contributed by atoms with Crippen LogP contribution in [0.3, 0.4) is 0 Å². The fourth-order valence-corrected chi connectivity index (χ4v) is 6.01. The highest BCUT2D eigenvalue weighted by Crippen LogP contribution is 2.39. The van der Waals surface area contributed by atoms with E-state index in [1.54, 1.807) is 25.3 Å². The molecule has 8 heteroatoms. The maximum atomic E-state index is 12.5. The summed E-state index contributed by atoms with van der Waals surface area (Å²) in [6.45, 7) is 2.25. The molecule has 0 spiro atoms. The van der Waals surface area contributed by atoms with E-state index in [0.29, 0.717) is 12.8 Å². The van der Waals surface area contributed by atoms with Gasteiger partial charge in [-0.25, -0.2) is 8.42 Å². The van der Waals surface area contributed by atoms with Crippen LogP contribution < -0.4 is 0 Å². The third-order valence-corrected chi connectivity index (χ3v) is 7.11. The molecule has 146 valence electrons. The molecule has 2 heterocycles. The summed E-state index contributed by atoms with van der Waals surface area (Å²) in [6, 6.07) is 6.99. The van der Waals surface area contributed by atoms with Gasteiger partial charge in [-0.1, -0.05) is 23.8 Å². The van der Waals surface area contributed by atoms with Crippen LogP contribution in [0.2, 0.25) is 6.32 Å². The number of ether oxygens (including phenoxy) is 1. The van der Waals surface area contributed by atoms with E-state index in [1.807, 2.05) is 19.1 Å². The van der Waals surface area contributed by atoms with E-state index in [2.05, 4.69) is 0 Å². The third-order valence-electron chi connectivity index (χ3n) is 5.05. The number of aromatic hydroxyl groups is 1. The molecule has 0 aromatic heterocycles. The number of phenolic OH excluding ortho intramolecular Hbond substituents is 1. The predicted molar refractivity (Wildman–Crippen MR) is 105 cm³/mol. The molecule has 2 atom stereocenters. The highest BCUT2D eigenvalue weighted by atomic mass is 32.2. The molecule has 1 fully saturated rings. The third kappa shape index (κ3) is 4.63. The lowest BCUT2D eigenvalue weighted by atomic mass is 9.74. The van der Waals surface area contributed by atoms with E-state index in [0.717, 1.165) is 22.3 Å². The first-order valence-electron chi connectivity index (χ1n) is 9.02. The summed E-state index contributed by atoms with van der Waals surface area (Å²) in [5.74, 6) is 0.189. The lowest BCUT2D eigenvalue weighted by molar-refractivity contribution is 0.166. The van der Waals surface area contributed by atoms with E-state index in [1.165, 1.54) is 0 Å². The molecule has 0 amide bonds. The summed E-state index contributed by atoms with van der Waals surface area (Å²) < 4.78 is 35.9. The van der Waals surface area contributed by atoms with Crippen molar-refractivity contribution in [2.24, 2.45) is 0 Å². The Labute approximate surface area is 160 Å². The zero-order valence-electron chi connectivity index (χ0n) is 15.6. The van der Waals surface area contributed by atoms with Gasteiger partial charge in [0.1, 0.15) is 5.75 Å². The molecule has 6 nitrogen and oxygen atoms in total. The number of benzene rings is 1. The van der Waals surface area contributed by atoms with Gasteiger partial charge in [0.05, 0.1) is 23.7 Å². The molecule has 3 rings (SSSR count).